The molecule has 1 atom stereocenters. The first-order valence-corrected chi connectivity index (χ1v) is 5.20. The Labute approximate surface area is 87.7 Å². The lowest BCUT2D eigenvalue weighted by atomic mass is 10.2. The third kappa shape index (κ3) is 1.29. The first kappa shape index (κ1) is 8.73. The molecule has 3 rings (SSSR count). The highest BCUT2D eigenvalue weighted by molar-refractivity contribution is 5.53. The number of nitrogens with two attached hydrogens (primary N) is 1. The first-order valence-electron chi connectivity index (χ1n) is 5.20. The molecule has 0 aromatic carbocycles. The van der Waals surface area contributed by atoms with Crippen molar-refractivity contribution in [2.24, 2.45) is 0 Å². The van der Waals surface area contributed by atoms with E-state index in [4.69, 9.17) is 10.5 Å². The lowest BCUT2D eigenvalue weighted by molar-refractivity contribution is 0.105. The molecule has 0 amide bonds. The summed E-state index contributed by atoms with van der Waals surface area (Å²) in [7, 11) is 0. The quantitative estimate of drug-likeness (QED) is 0.768. The Morgan fingerprint density at radius 2 is 2.40 bits per heavy atom. The molecule has 1 aliphatic heterocycles. The largest absolute Gasteiger partial charge is 0.385 e. The van der Waals surface area contributed by atoms with Gasteiger partial charge in [0.25, 0.3) is 0 Å². The van der Waals surface area contributed by atoms with E-state index < -0.39 is 0 Å². The zero-order chi connectivity index (χ0) is 10.3. The number of nitrogens with zero attached hydrogens (tertiary/aromatic N) is 2. The lowest BCUT2D eigenvalue weighted by Gasteiger charge is -2.09. The number of fused-ring (bicyclic) bond motifs is 1. The molecule has 0 radical (unpaired) electrons. The molecule has 0 bridgehead atoms. The Balaban J connectivity index is 2.18. The van der Waals surface area contributed by atoms with Gasteiger partial charge in [-0.1, -0.05) is 6.07 Å². The predicted octanol–water partition coefficient (Wildman–Crippen LogP) is 1.77. The molecule has 1 unspecified atom stereocenters. The van der Waals surface area contributed by atoms with Gasteiger partial charge in [0, 0.05) is 6.61 Å². The van der Waals surface area contributed by atoms with Crippen molar-refractivity contribution in [3.63, 3.8) is 0 Å². The molecule has 2 aromatic heterocycles. The van der Waals surface area contributed by atoms with Gasteiger partial charge in [-0.3, -0.25) is 4.40 Å². The second-order valence-electron chi connectivity index (χ2n) is 3.83. The van der Waals surface area contributed by atoms with Gasteiger partial charge in [-0.2, -0.15) is 0 Å². The fourth-order valence-corrected chi connectivity index (χ4v) is 2.11. The Bertz CT molecular complexity index is 486. The predicted molar refractivity (Wildman–Crippen MR) is 57.5 cm³/mol. The molecule has 3 heterocycles. The summed E-state index contributed by atoms with van der Waals surface area (Å²) in [6.07, 6.45) is 4.09. The highest BCUT2D eigenvalue weighted by Gasteiger charge is 2.22. The molecule has 0 saturated carbocycles. The smallest absolute Gasteiger partial charge is 0.144 e. The number of anilines is 1. The van der Waals surface area contributed by atoms with Crippen LogP contribution in [0.1, 0.15) is 24.8 Å². The number of imidazole rings is 1. The number of nitrogen functional groups attached to an aromatic ring is 1. The lowest BCUT2D eigenvalue weighted by Crippen LogP contribution is -2.05. The van der Waals surface area contributed by atoms with Crippen LogP contribution in [0.5, 0.6) is 0 Å². The van der Waals surface area contributed by atoms with Crippen LogP contribution in [0.4, 0.5) is 5.82 Å². The Kier molecular flexibility index (Phi) is 1.89. The fourth-order valence-electron chi connectivity index (χ4n) is 2.11. The minimum absolute atomic E-state index is 0.109. The van der Waals surface area contributed by atoms with E-state index in [1.54, 1.807) is 0 Å². The fraction of sp³-hybridized carbons (Fsp3) is 0.364. The van der Waals surface area contributed by atoms with Crippen LogP contribution >= 0.6 is 0 Å². The third-order valence-electron chi connectivity index (χ3n) is 2.83. The molecule has 1 fully saturated rings. The number of pyridine rings is 1. The molecule has 15 heavy (non-hydrogen) atoms. The zero-order valence-electron chi connectivity index (χ0n) is 8.39. The summed E-state index contributed by atoms with van der Waals surface area (Å²) in [6.45, 7) is 0.826. The van der Waals surface area contributed by atoms with Crippen LogP contribution in [0.3, 0.4) is 0 Å². The number of rotatable bonds is 1. The summed E-state index contributed by atoms with van der Waals surface area (Å²) in [5.74, 6) is 1.65. The van der Waals surface area contributed by atoms with E-state index >= 15 is 0 Å². The molecule has 0 aliphatic carbocycles. The third-order valence-corrected chi connectivity index (χ3v) is 2.83. The summed E-state index contributed by atoms with van der Waals surface area (Å²) in [5.41, 5.74) is 6.96. The maximum Gasteiger partial charge on any atom is 0.144 e. The van der Waals surface area contributed by atoms with Crippen molar-refractivity contribution in [3.05, 3.63) is 30.2 Å². The summed E-state index contributed by atoms with van der Waals surface area (Å²) < 4.78 is 7.59. The van der Waals surface area contributed by atoms with Crippen molar-refractivity contribution < 1.29 is 4.74 Å². The highest BCUT2D eigenvalue weighted by Crippen LogP contribution is 2.29. The Morgan fingerprint density at radius 3 is 3.20 bits per heavy atom. The molecule has 2 N–H and O–H groups in total. The maximum absolute atomic E-state index is 5.94. The van der Waals surface area contributed by atoms with Crippen molar-refractivity contribution in [2.45, 2.75) is 18.9 Å². The SMILES string of the molecule is Nc1cccc2cnc(C3CCCO3)n12. The molecule has 1 saturated heterocycles. The molecule has 78 valence electrons. The van der Waals surface area contributed by atoms with E-state index in [-0.39, 0.29) is 6.10 Å². The highest BCUT2D eigenvalue weighted by atomic mass is 16.5. The maximum atomic E-state index is 5.94. The first-order chi connectivity index (χ1) is 7.36. The summed E-state index contributed by atoms with van der Waals surface area (Å²) >= 11 is 0. The van der Waals surface area contributed by atoms with Gasteiger partial charge in [-0.05, 0) is 25.0 Å². The molecule has 4 heteroatoms. The average molecular weight is 203 g/mol. The Hall–Kier alpha value is -1.55. The van der Waals surface area contributed by atoms with Crippen molar-refractivity contribution in [2.75, 3.05) is 12.3 Å². The molecule has 4 nitrogen and oxygen atoms in total. The van der Waals surface area contributed by atoms with E-state index in [9.17, 15) is 0 Å². The van der Waals surface area contributed by atoms with Crippen molar-refractivity contribution >= 4 is 11.3 Å². The normalized spacial score (nSPS) is 21.2. The number of hydrogen-bond donors (Lipinski definition) is 1. The average Bonchev–Trinajstić information content (AvgIpc) is 2.85. The van der Waals surface area contributed by atoms with Gasteiger partial charge in [0.1, 0.15) is 17.7 Å². The van der Waals surface area contributed by atoms with E-state index in [0.29, 0.717) is 0 Å². The number of ether oxygens (including phenoxy) is 1. The van der Waals surface area contributed by atoms with Gasteiger partial charge >= 0.3 is 0 Å². The van der Waals surface area contributed by atoms with Crippen molar-refractivity contribution in [1.82, 2.24) is 9.38 Å². The second-order valence-corrected chi connectivity index (χ2v) is 3.83. The summed E-state index contributed by atoms with van der Waals surface area (Å²) in [6, 6.07) is 5.82. The molecule has 1 aliphatic rings. The minimum Gasteiger partial charge on any atom is -0.385 e. The monoisotopic (exact) mass is 203 g/mol. The number of hydrogen-bond acceptors (Lipinski definition) is 3. The molecular weight excluding hydrogens is 190 g/mol. The van der Waals surface area contributed by atoms with Gasteiger partial charge in [-0.15, -0.1) is 0 Å². The summed E-state index contributed by atoms with van der Waals surface area (Å²) in [4.78, 5) is 4.40. The van der Waals surface area contributed by atoms with Gasteiger partial charge in [0.05, 0.1) is 11.7 Å². The van der Waals surface area contributed by atoms with E-state index in [2.05, 4.69) is 4.98 Å². The molecule has 0 spiro atoms. The molecule has 2 aromatic rings. The number of aromatic nitrogens is 2. The van der Waals surface area contributed by atoms with Gasteiger partial charge in [0.2, 0.25) is 0 Å². The van der Waals surface area contributed by atoms with Crippen LogP contribution in [0, 0.1) is 0 Å². The van der Waals surface area contributed by atoms with E-state index in [1.807, 2.05) is 28.8 Å². The van der Waals surface area contributed by atoms with Crippen molar-refractivity contribution in [1.29, 1.82) is 0 Å². The minimum atomic E-state index is 0.109. The van der Waals surface area contributed by atoms with Gasteiger partial charge in [0.15, 0.2) is 0 Å². The van der Waals surface area contributed by atoms with Crippen molar-refractivity contribution in [3.8, 4) is 0 Å². The molecular formula is C11H13N3O. The van der Waals surface area contributed by atoms with Crippen LogP contribution in [0.15, 0.2) is 24.4 Å². The van der Waals surface area contributed by atoms with Crippen LogP contribution in [-0.4, -0.2) is 16.0 Å². The van der Waals surface area contributed by atoms with E-state index in [0.717, 1.165) is 36.6 Å². The Morgan fingerprint density at radius 1 is 1.47 bits per heavy atom. The van der Waals surface area contributed by atoms with Crippen LogP contribution in [0.2, 0.25) is 0 Å². The van der Waals surface area contributed by atoms with Crippen LogP contribution in [-0.2, 0) is 4.74 Å². The van der Waals surface area contributed by atoms with E-state index in [1.165, 1.54) is 0 Å². The summed E-state index contributed by atoms with van der Waals surface area (Å²) in [5, 5.41) is 0. The van der Waals surface area contributed by atoms with Gasteiger partial charge in [-0.25, -0.2) is 4.98 Å². The topological polar surface area (TPSA) is 52.5 Å². The second kappa shape index (κ2) is 3.24. The van der Waals surface area contributed by atoms with Gasteiger partial charge < -0.3 is 10.5 Å². The van der Waals surface area contributed by atoms with Crippen LogP contribution in [0.25, 0.3) is 5.52 Å². The standard InChI is InChI=1S/C11H13N3O/c12-10-5-1-3-8-7-13-11(14(8)10)9-4-2-6-15-9/h1,3,5,7,9H,2,4,6,12H2. The zero-order valence-corrected chi connectivity index (χ0v) is 8.39. The van der Waals surface area contributed by atoms with Crippen LogP contribution < -0.4 is 5.73 Å².